The molecular weight excluding hydrogens is 2030 g/mol. The molecule has 0 aliphatic carbocycles. The van der Waals surface area contributed by atoms with E-state index in [1.807, 2.05) is 139 Å². The van der Waals surface area contributed by atoms with Crippen molar-refractivity contribution in [2.75, 3.05) is 12.5 Å². The van der Waals surface area contributed by atoms with Crippen molar-refractivity contribution in [3.8, 4) is 4.90 Å². The molecule has 23 nitrogen and oxygen atoms in total. The van der Waals surface area contributed by atoms with Crippen LogP contribution in [0.2, 0.25) is 0 Å². The molecule has 0 fully saturated rings. The molecule has 0 spiro atoms. The summed E-state index contributed by atoms with van der Waals surface area (Å²) in [5, 5.41) is 1.44. The highest BCUT2D eigenvalue weighted by atomic mass is 32.2. The molecule has 3 heterocycles. The Balaban J connectivity index is 0.000000281. The molecule has 0 saturated carbocycles. The summed E-state index contributed by atoms with van der Waals surface area (Å²) in [5.41, 5.74) is -22.5. The standard InChI is InChI=1S/C24H19O2S2.C20H15O3S2.C19H15O2S3.C18H13S2.4CHF3O3S.4H2O/c25-28(26,23-14-8-3-9-15-23)24-18-16-22(17-19-24)27(20-10-4-1-5-11-20)21-12-6-2-7-13-21;1-25(22,23)15-12-10-14(11-13-15)24-18-8-4-2-6-16(18)20(21)17-7-3-5-9-19(17)24;1-24(20,21)15-12-10-14(11-13-15)23-18-8-4-2-6-16(18)22-17-7-3-5-9-19(17)23;1-2-8-14(9-3-1)20-17-12-6-4-10-15(17)19-16-11-5-7-13-18(16)20;4*2-1(3,4)8(5,6)7;;;;/h1-19H;2-13H,1H3;2-13H,1H3;1-13H;4*(H,5,6,7);4*1H2/q4*+1;;;;;;;;/p-4. The Labute approximate surface area is 774 Å². The van der Waals surface area contributed by atoms with Crippen LogP contribution in [0, 0.1) is 0 Å². The Bertz CT molecular complexity index is 6860. The highest BCUT2D eigenvalue weighted by molar-refractivity contribution is 8.04. The van der Waals surface area contributed by atoms with Crippen LogP contribution in [0.15, 0.2) is 428 Å². The van der Waals surface area contributed by atoms with Crippen LogP contribution in [-0.4, -0.2) is 134 Å². The first kappa shape index (κ1) is 113. The zero-order chi connectivity index (χ0) is 95.1. The van der Waals surface area contributed by atoms with Crippen LogP contribution in [0.1, 0.15) is 0 Å². The van der Waals surface area contributed by atoms with Gasteiger partial charge < -0.3 is 40.1 Å². The molecule has 1 aromatic heterocycles. The summed E-state index contributed by atoms with van der Waals surface area (Å²) in [7, 11) is -35.2. The quantitative estimate of drug-likeness (QED) is 0.0403. The fraction of sp³-hybridized carbons (Fsp3) is 0.0706. The van der Waals surface area contributed by atoms with Gasteiger partial charge in [-0.3, -0.25) is 4.79 Å². The van der Waals surface area contributed by atoms with Gasteiger partial charge in [0.15, 0.2) is 119 Å². The van der Waals surface area contributed by atoms with Gasteiger partial charge in [-0.2, -0.15) is 52.7 Å². The molecule has 0 bridgehead atoms. The van der Waals surface area contributed by atoms with E-state index in [2.05, 4.69) is 152 Å². The van der Waals surface area contributed by atoms with Crippen LogP contribution >= 0.6 is 34.0 Å². The number of benzene rings is 13. The number of halogens is 12. The first-order valence-corrected chi connectivity index (χ1v) is 53.2. The summed E-state index contributed by atoms with van der Waals surface area (Å²) in [6, 6.07) is 111. The van der Waals surface area contributed by atoms with E-state index in [9.17, 15) is 82.7 Å². The van der Waals surface area contributed by atoms with Crippen molar-refractivity contribution in [1.82, 2.24) is 0 Å². The Morgan fingerprint density at radius 3 is 0.767 bits per heavy atom. The topological polar surface area (TPSA) is 474 Å². The van der Waals surface area contributed by atoms with E-state index in [4.69, 9.17) is 51.9 Å². The molecular formula is C85H70F12O23S13. The molecule has 710 valence electrons. The van der Waals surface area contributed by atoms with Gasteiger partial charge in [0.2, 0.25) is 15.3 Å². The predicted octanol–water partition coefficient (Wildman–Crippen LogP) is 16.9. The van der Waals surface area contributed by atoms with E-state index in [1.165, 1.54) is 66.4 Å². The first-order chi connectivity index (χ1) is 60.1. The molecule has 133 heavy (non-hydrogen) atoms. The molecule has 14 aromatic rings. The second kappa shape index (κ2) is 47.0. The first-order valence-electron chi connectivity index (χ1n) is 35.8. The van der Waals surface area contributed by atoms with E-state index >= 15 is 0 Å². The number of hydrogen-bond donors (Lipinski definition) is 0. The summed E-state index contributed by atoms with van der Waals surface area (Å²) in [6.07, 6.45) is 2.44. The molecule has 0 atom stereocenters. The average Bonchev–Trinajstić information content (AvgIpc) is 0.765. The minimum absolute atomic E-state index is 0. The zero-order valence-corrected chi connectivity index (χ0v) is 78.0. The number of fused-ring (bicyclic) bond motifs is 6. The molecule has 2 aliphatic rings. The fourth-order valence-corrected chi connectivity index (χ4v) is 25.7. The van der Waals surface area contributed by atoms with Gasteiger partial charge >= 0.3 is 22.0 Å². The number of rotatable bonds is 10. The molecule has 13 aromatic carbocycles. The van der Waals surface area contributed by atoms with E-state index in [0.29, 0.717) is 19.6 Å². The second-order valence-electron chi connectivity index (χ2n) is 25.9. The Kier molecular flexibility index (Phi) is 40.1. The number of alkyl halides is 12. The maximum atomic E-state index is 12.9. The molecule has 48 heteroatoms. The lowest BCUT2D eigenvalue weighted by Gasteiger charge is -2.18. The van der Waals surface area contributed by atoms with Crippen molar-refractivity contribution in [3.63, 3.8) is 0 Å². The van der Waals surface area contributed by atoms with E-state index < -0.39 is 102 Å². The lowest BCUT2D eigenvalue weighted by atomic mass is 10.2. The summed E-state index contributed by atoms with van der Waals surface area (Å²) in [6.45, 7) is 0. The third kappa shape index (κ3) is 30.0. The molecule has 0 amide bonds. The van der Waals surface area contributed by atoms with Gasteiger partial charge in [-0.15, -0.1) is 0 Å². The van der Waals surface area contributed by atoms with E-state index in [0.717, 1.165) is 34.9 Å². The van der Waals surface area contributed by atoms with Crippen LogP contribution in [0.3, 0.4) is 0 Å². The normalized spacial score (nSPS) is 12.6. The summed E-state index contributed by atoms with van der Waals surface area (Å²) < 4.78 is 310. The van der Waals surface area contributed by atoms with Crippen molar-refractivity contribution in [3.05, 3.63) is 350 Å². The highest BCUT2D eigenvalue weighted by Gasteiger charge is 2.42. The lowest BCUT2D eigenvalue weighted by molar-refractivity contribution is -0.0522. The Morgan fingerprint density at radius 2 is 0.481 bits per heavy atom. The number of hydrogen-bond acceptors (Lipinski definition) is 21. The number of sulfone groups is 3. The largest absolute Gasteiger partial charge is 0.741 e. The third-order valence-electron chi connectivity index (χ3n) is 16.9. The highest BCUT2D eigenvalue weighted by Crippen LogP contribution is 2.50. The third-order valence-corrected chi connectivity index (χ3v) is 35.3. The lowest BCUT2D eigenvalue weighted by Crippen LogP contribution is -2.21. The van der Waals surface area contributed by atoms with Crippen molar-refractivity contribution in [2.45, 2.75) is 105 Å². The van der Waals surface area contributed by atoms with Crippen LogP contribution in [-0.2, 0) is 103 Å². The van der Waals surface area contributed by atoms with E-state index in [1.54, 1.807) is 72.4 Å². The van der Waals surface area contributed by atoms with Gasteiger partial charge in [-0.1, -0.05) is 169 Å². The minimum Gasteiger partial charge on any atom is -0.741 e. The minimum atomic E-state index is -6.09. The van der Waals surface area contributed by atoms with Gasteiger partial charge in [-0.25, -0.2) is 58.9 Å². The van der Waals surface area contributed by atoms with Crippen LogP contribution in [0.25, 0.3) is 25.1 Å². The van der Waals surface area contributed by atoms with Crippen molar-refractivity contribution < 1.29 is 152 Å². The summed E-state index contributed by atoms with van der Waals surface area (Å²) in [4.78, 5) is 31.9. The van der Waals surface area contributed by atoms with Gasteiger partial charge in [0.1, 0.15) is 21.8 Å². The molecule has 16 rings (SSSR count). The Hall–Kier alpha value is -10.0. The monoisotopic (exact) mass is 2100 g/mol. The molecule has 0 saturated heterocycles. The van der Waals surface area contributed by atoms with Crippen molar-refractivity contribution >= 4 is 157 Å². The predicted molar refractivity (Wildman–Crippen MR) is 480 cm³/mol. The summed E-state index contributed by atoms with van der Waals surface area (Å²) >= 11 is 3.69. The van der Waals surface area contributed by atoms with Crippen LogP contribution < -0.4 is 5.43 Å². The van der Waals surface area contributed by atoms with Crippen LogP contribution in [0.4, 0.5) is 52.7 Å². The maximum Gasteiger partial charge on any atom is 0.485 e. The molecule has 0 unspecified atom stereocenters. The molecule has 8 N–H and O–H groups in total. The summed E-state index contributed by atoms with van der Waals surface area (Å²) in [5.74, 6) is 0. The molecule has 2 aliphatic heterocycles. The SMILES string of the molecule is CS(=O)(=O)c1ccc(-[s+]2c3ccccc3c(=O)c3ccccc32)cc1.CS(=O)(=O)c1ccc([S+]2c3ccccc3Sc3ccccc32)cc1.O.O.O.O.O=S(=O)([O-])C(F)(F)F.O=S(=O)([O-])C(F)(F)F.O=S(=O)([O-])C(F)(F)F.O=S(=O)([O-])C(F)(F)F.O=S(=O)(c1ccccc1)c1ccc([S+](c2ccccc2)c2ccccc2)cc1.c1ccc([S+]2c3ccccc3Sc3ccccc32)cc1. The van der Waals surface area contributed by atoms with Crippen molar-refractivity contribution in [1.29, 1.82) is 0 Å². The zero-order valence-electron chi connectivity index (χ0n) is 67.4. The van der Waals surface area contributed by atoms with Gasteiger partial charge in [-0.05, 0) is 194 Å². The smallest absolute Gasteiger partial charge is 0.485 e. The average molecular weight is 2100 g/mol. The second-order valence-corrected chi connectivity index (χ2v) is 47.4. The van der Waals surface area contributed by atoms with Crippen molar-refractivity contribution in [2.24, 2.45) is 0 Å². The molecule has 0 radical (unpaired) electrons. The van der Waals surface area contributed by atoms with Crippen LogP contribution in [0.5, 0.6) is 0 Å². The van der Waals surface area contributed by atoms with Gasteiger partial charge in [0.25, 0.3) is 0 Å². The Morgan fingerprint density at radius 1 is 0.263 bits per heavy atom. The van der Waals surface area contributed by atoms with Gasteiger partial charge in [0.05, 0.1) is 60.8 Å². The van der Waals surface area contributed by atoms with Gasteiger partial charge in [0, 0.05) is 23.0 Å². The maximum absolute atomic E-state index is 12.9. The van der Waals surface area contributed by atoms with E-state index in [-0.39, 0.29) is 60.0 Å². The fourth-order valence-electron chi connectivity index (χ4n) is 11.2.